The molecule has 0 spiro atoms. The third kappa shape index (κ3) is 3.31. The van der Waals surface area contributed by atoms with Gasteiger partial charge in [-0.15, -0.1) is 0 Å². The minimum absolute atomic E-state index is 0.640. The SMILES string of the molecule is Cc1ccc(C)c(-c2ccccc2CCCC=O)c1. The summed E-state index contributed by atoms with van der Waals surface area (Å²) in [7, 11) is 0. The molecule has 19 heavy (non-hydrogen) atoms. The van der Waals surface area contributed by atoms with Gasteiger partial charge in [0.2, 0.25) is 0 Å². The van der Waals surface area contributed by atoms with E-state index >= 15 is 0 Å². The van der Waals surface area contributed by atoms with Gasteiger partial charge in [-0.05, 0) is 48.9 Å². The Balaban J connectivity index is 2.38. The summed E-state index contributed by atoms with van der Waals surface area (Å²) in [6.45, 7) is 4.27. The van der Waals surface area contributed by atoms with Crippen molar-refractivity contribution in [3.05, 3.63) is 59.2 Å². The first kappa shape index (κ1) is 13.5. The van der Waals surface area contributed by atoms with Crippen molar-refractivity contribution in [2.75, 3.05) is 0 Å². The molecule has 2 aromatic carbocycles. The highest BCUT2D eigenvalue weighted by atomic mass is 16.1. The Bertz CT molecular complexity index is 570. The number of aldehydes is 1. The van der Waals surface area contributed by atoms with Crippen LogP contribution in [0.2, 0.25) is 0 Å². The van der Waals surface area contributed by atoms with E-state index in [4.69, 9.17) is 0 Å². The summed E-state index contributed by atoms with van der Waals surface area (Å²) in [5.41, 5.74) is 6.52. The van der Waals surface area contributed by atoms with Crippen LogP contribution in [0.3, 0.4) is 0 Å². The van der Waals surface area contributed by atoms with Crippen LogP contribution in [0.25, 0.3) is 11.1 Å². The largest absolute Gasteiger partial charge is 0.303 e. The molecule has 0 amide bonds. The van der Waals surface area contributed by atoms with Gasteiger partial charge in [0.25, 0.3) is 0 Å². The quantitative estimate of drug-likeness (QED) is 0.566. The average Bonchev–Trinajstić information content (AvgIpc) is 2.42. The second kappa shape index (κ2) is 6.33. The number of hydrogen-bond donors (Lipinski definition) is 0. The molecular weight excluding hydrogens is 232 g/mol. The molecule has 0 unspecified atom stereocenters. The van der Waals surface area contributed by atoms with Gasteiger partial charge >= 0.3 is 0 Å². The standard InChI is InChI=1S/C18H20O/c1-14-10-11-15(2)18(13-14)17-9-4-3-7-16(17)8-5-6-12-19/h3-4,7,9-13H,5-6,8H2,1-2H3. The molecule has 2 rings (SSSR count). The van der Waals surface area contributed by atoms with Crippen LogP contribution < -0.4 is 0 Å². The second-order valence-corrected chi connectivity index (χ2v) is 5.03. The Hall–Kier alpha value is -1.89. The third-order valence-corrected chi connectivity index (χ3v) is 3.47. The molecule has 0 heterocycles. The zero-order valence-electron chi connectivity index (χ0n) is 11.6. The van der Waals surface area contributed by atoms with E-state index in [1.165, 1.54) is 27.8 Å². The number of carbonyl (C=O) groups excluding carboxylic acids is 1. The molecule has 0 aliphatic carbocycles. The molecule has 0 fully saturated rings. The molecule has 98 valence electrons. The molecule has 0 N–H and O–H groups in total. The van der Waals surface area contributed by atoms with Crippen LogP contribution in [0.15, 0.2) is 42.5 Å². The lowest BCUT2D eigenvalue weighted by atomic mass is 9.92. The van der Waals surface area contributed by atoms with Gasteiger partial charge in [0.1, 0.15) is 6.29 Å². The minimum atomic E-state index is 0.640. The minimum Gasteiger partial charge on any atom is -0.303 e. The van der Waals surface area contributed by atoms with Gasteiger partial charge in [-0.3, -0.25) is 0 Å². The molecular formula is C18H20O. The van der Waals surface area contributed by atoms with Crippen LogP contribution in [-0.2, 0) is 11.2 Å². The Morgan fingerprint density at radius 3 is 2.58 bits per heavy atom. The van der Waals surface area contributed by atoms with Crippen molar-refractivity contribution in [1.82, 2.24) is 0 Å². The summed E-state index contributed by atoms with van der Waals surface area (Å²) >= 11 is 0. The fourth-order valence-electron chi connectivity index (χ4n) is 2.40. The van der Waals surface area contributed by atoms with Crippen LogP contribution >= 0.6 is 0 Å². The molecule has 0 bridgehead atoms. The summed E-state index contributed by atoms with van der Waals surface area (Å²) in [6, 6.07) is 15.1. The maximum atomic E-state index is 10.4. The van der Waals surface area contributed by atoms with E-state index in [-0.39, 0.29) is 0 Å². The lowest BCUT2D eigenvalue weighted by molar-refractivity contribution is -0.107. The van der Waals surface area contributed by atoms with Gasteiger partial charge < -0.3 is 4.79 Å². The smallest absolute Gasteiger partial charge is 0.120 e. The number of rotatable bonds is 5. The predicted octanol–water partition coefficient (Wildman–Crippen LogP) is 4.49. The Labute approximate surface area is 115 Å². The maximum absolute atomic E-state index is 10.4. The first-order valence-electron chi connectivity index (χ1n) is 6.81. The Morgan fingerprint density at radius 2 is 1.79 bits per heavy atom. The zero-order valence-corrected chi connectivity index (χ0v) is 11.6. The van der Waals surface area contributed by atoms with Crippen LogP contribution in [0.5, 0.6) is 0 Å². The van der Waals surface area contributed by atoms with Crippen molar-refractivity contribution in [3.63, 3.8) is 0 Å². The molecule has 0 aromatic heterocycles. The van der Waals surface area contributed by atoms with Crippen molar-refractivity contribution in [2.24, 2.45) is 0 Å². The van der Waals surface area contributed by atoms with Crippen molar-refractivity contribution >= 4 is 6.29 Å². The summed E-state index contributed by atoms with van der Waals surface area (Å²) in [6.07, 6.45) is 3.52. The molecule has 0 saturated heterocycles. The molecule has 2 aromatic rings. The third-order valence-electron chi connectivity index (χ3n) is 3.47. The summed E-state index contributed by atoms with van der Waals surface area (Å²) in [5.74, 6) is 0. The maximum Gasteiger partial charge on any atom is 0.120 e. The fourth-order valence-corrected chi connectivity index (χ4v) is 2.40. The molecule has 1 heteroatoms. The average molecular weight is 252 g/mol. The highest BCUT2D eigenvalue weighted by Gasteiger charge is 2.07. The van der Waals surface area contributed by atoms with Crippen LogP contribution in [0.4, 0.5) is 0 Å². The van der Waals surface area contributed by atoms with Gasteiger partial charge in [-0.2, -0.15) is 0 Å². The predicted molar refractivity (Wildman–Crippen MR) is 80.4 cm³/mol. The highest BCUT2D eigenvalue weighted by Crippen LogP contribution is 2.28. The van der Waals surface area contributed by atoms with Crippen molar-refractivity contribution in [2.45, 2.75) is 33.1 Å². The number of hydrogen-bond acceptors (Lipinski definition) is 1. The van der Waals surface area contributed by atoms with Crippen LogP contribution in [0.1, 0.15) is 29.5 Å². The van der Waals surface area contributed by atoms with Gasteiger partial charge in [0, 0.05) is 6.42 Å². The number of benzene rings is 2. The molecule has 0 radical (unpaired) electrons. The molecule has 0 atom stereocenters. The molecule has 0 saturated carbocycles. The summed E-state index contributed by atoms with van der Waals surface area (Å²) < 4.78 is 0. The number of carbonyl (C=O) groups is 1. The lowest BCUT2D eigenvalue weighted by Crippen LogP contribution is -1.93. The highest BCUT2D eigenvalue weighted by molar-refractivity contribution is 5.71. The van der Waals surface area contributed by atoms with Gasteiger partial charge in [-0.1, -0.05) is 48.0 Å². The lowest BCUT2D eigenvalue weighted by Gasteiger charge is -2.12. The second-order valence-electron chi connectivity index (χ2n) is 5.03. The molecule has 1 nitrogen and oxygen atoms in total. The van der Waals surface area contributed by atoms with Gasteiger partial charge in [0.15, 0.2) is 0 Å². The zero-order chi connectivity index (χ0) is 13.7. The van der Waals surface area contributed by atoms with Crippen molar-refractivity contribution in [3.8, 4) is 11.1 Å². The van der Waals surface area contributed by atoms with Crippen molar-refractivity contribution in [1.29, 1.82) is 0 Å². The Morgan fingerprint density at radius 1 is 1.00 bits per heavy atom. The molecule has 0 aliphatic rings. The van der Waals surface area contributed by atoms with Crippen molar-refractivity contribution < 1.29 is 4.79 Å². The van der Waals surface area contributed by atoms with Gasteiger partial charge in [-0.25, -0.2) is 0 Å². The first-order valence-corrected chi connectivity index (χ1v) is 6.81. The number of aryl methyl sites for hydroxylation is 3. The van der Waals surface area contributed by atoms with Crippen LogP contribution in [0, 0.1) is 13.8 Å². The van der Waals surface area contributed by atoms with E-state index in [1.54, 1.807) is 0 Å². The Kier molecular flexibility index (Phi) is 4.51. The van der Waals surface area contributed by atoms with E-state index in [2.05, 4.69) is 56.3 Å². The summed E-state index contributed by atoms with van der Waals surface area (Å²) in [4.78, 5) is 10.4. The topological polar surface area (TPSA) is 17.1 Å². The van der Waals surface area contributed by atoms with E-state index in [0.29, 0.717) is 6.42 Å². The van der Waals surface area contributed by atoms with E-state index in [0.717, 1.165) is 19.1 Å². The van der Waals surface area contributed by atoms with Gasteiger partial charge in [0.05, 0.1) is 0 Å². The van der Waals surface area contributed by atoms with E-state index < -0.39 is 0 Å². The van der Waals surface area contributed by atoms with E-state index in [9.17, 15) is 4.79 Å². The van der Waals surface area contributed by atoms with Crippen LogP contribution in [-0.4, -0.2) is 6.29 Å². The van der Waals surface area contributed by atoms with E-state index in [1.807, 2.05) is 0 Å². The normalized spacial score (nSPS) is 10.4. The first-order chi connectivity index (χ1) is 9.22. The monoisotopic (exact) mass is 252 g/mol. The molecule has 0 aliphatic heterocycles. The number of unbranched alkanes of at least 4 members (excludes halogenated alkanes) is 1. The summed E-state index contributed by atoms with van der Waals surface area (Å²) in [5, 5.41) is 0. The fraction of sp³-hybridized carbons (Fsp3) is 0.278.